The van der Waals surface area contributed by atoms with E-state index in [1.807, 2.05) is 26.8 Å². The molecule has 0 radical (unpaired) electrons. The predicted octanol–water partition coefficient (Wildman–Crippen LogP) is 5.89. The summed E-state index contributed by atoms with van der Waals surface area (Å²) in [6.45, 7) is 12.8. The molecule has 0 bridgehead atoms. The van der Waals surface area contributed by atoms with Gasteiger partial charge in [-0.15, -0.1) is 0 Å². The van der Waals surface area contributed by atoms with Gasteiger partial charge in [0.2, 0.25) is 0 Å². The number of carbonyl (C=O) groups is 1. The number of aryl methyl sites for hydroxylation is 1. The van der Waals surface area contributed by atoms with Gasteiger partial charge in [0.05, 0.1) is 28.9 Å². The minimum atomic E-state index is -4.43. The van der Waals surface area contributed by atoms with Crippen molar-refractivity contribution in [3.63, 3.8) is 0 Å². The SMILES string of the molecule is Cc1nc(N[C@H](C)c2cccc(C(F)(F)F)c2C)c2cc(N3CCN(C(=O)OC(C)(C)C)CC3)cnc2n1. The minimum absolute atomic E-state index is 0.178. The van der Waals surface area contributed by atoms with Crippen LogP contribution < -0.4 is 10.2 Å². The first kappa shape index (κ1) is 27.4. The van der Waals surface area contributed by atoms with Crippen molar-refractivity contribution in [1.29, 1.82) is 0 Å². The van der Waals surface area contributed by atoms with Crippen LogP contribution in [0.5, 0.6) is 0 Å². The van der Waals surface area contributed by atoms with E-state index in [0.29, 0.717) is 54.4 Å². The number of fused-ring (bicyclic) bond motifs is 1. The zero-order valence-electron chi connectivity index (χ0n) is 22.5. The number of benzene rings is 1. The van der Waals surface area contributed by atoms with E-state index in [-0.39, 0.29) is 11.7 Å². The summed E-state index contributed by atoms with van der Waals surface area (Å²) in [6.07, 6.45) is -3.02. The number of pyridine rings is 1. The first-order chi connectivity index (χ1) is 17.7. The van der Waals surface area contributed by atoms with Crippen LogP contribution in [0.3, 0.4) is 0 Å². The third-order valence-corrected chi connectivity index (χ3v) is 6.45. The van der Waals surface area contributed by atoms with E-state index in [1.165, 1.54) is 13.0 Å². The number of aromatic nitrogens is 3. The molecule has 0 aliphatic carbocycles. The number of nitrogens with one attached hydrogen (secondary N) is 1. The zero-order chi connectivity index (χ0) is 27.8. The topological polar surface area (TPSA) is 83.5 Å². The van der Waals surface area contributed by atoms with Crippen LogP contribution in [-0.4, -0.2) is 57.7 Å². The van der Waals surface area contributed by atoms with Crippen LogP contribution in [0.2, 0.25) is 0 Å². The maximum absolute atomic E-state index is 13.5. The van der Waals surface area contributed by atoms with E-state index in [1.54, 1.807) is 31.0 Å². The lowest BCUT2D eigenvalue weighted by Crippen LogP contribution is -2.50. The molecule has 0 unspecified atom stereocenters. The quantitative estimate of drug-likeness (QED) is 0.450. The summed E-state index contributed by atoms with van der Waals surface area (Å²) in [4.78, 5) is 29.8. The molecule has 1 aliphatic heterocycles. The molecule has 4 rings (SSSR count). The van der Waals surface area contributed by atoms with Gasteiger partial charge in [0.15, 0.2) is 5.65 Å². The Labute approximate surface area is 220 Å². The van der Waals surface area contributed by atoms with Gasteiger partial charge in [-0.2, -0.15) is 13.2 Å². The second-order valence-electron chi connectivity index (χ2n) is 10.5. The Hall–Kier alpha value is -3.63. The van der Waals surface area contributed by atoms with Gasteiger partial charge in [-0.25, -0.2) is 19.7 Å². The maximum atomic E-state index is 13.5. The number of carbonyl (C=O) groups excluding carboxylic acids is 1. The van der Waals surface area contributed by atoms with E-state index in [0.717, 1.165) is 11.8 Å². The van der Waals surface area contributed by atoms with E-state index < -0.39 is 23.4 Å². The van der Waals surface area contributed by atoms with E-state index in [4.69, 9.17) is 4.74 Å². The summed E-state index contributed by atoms with van der Waals surface area (Å²) in [7, 11) is 0. The minimum Gasteiger partial charge on any atom is -0.444 e. The molecule has 0 spiro atoms. The normalized spacial score (nSPS) is 15.5. The Morgan fingerprint density at radius 2 is 1.76 bits per heavy atom. The molecule has 1 fully saturated rings. The number of anilines is 2. The first-order valence-electron chi connectivity index (χ1n) is 12.5. The average molecular weight is 531 g/mol. The Morgan fingerprint density at radius 3 is 2.39 bits per heavy atom. The molecule has 204 valence electrons. The molecule has 1 aliphatic rings. The Kier molecular flexibility index (Phi) is 7.40. The van der Waals surface area contributed by atoms with Crippen LogP contribution in [-0.2, 0) is 10.9 Å². The molecule has 11 heteroatoms. The summed E-state index contributed by atoms with van der Waals surface area (Å²) in [6, 6.07) is 5.68. The Morgan fingerprint density at radius 1 is 1.08 bits per heavy atom. The molecule has 3 heterocycles. The number of amides is 1. The highest BCUT2D eigenvalue weighted by atomic mass is 19.4. The van der Waals surface area contributed by atoms with Crippen molar-refractivity contribution >= 4 is 28.6 Å². The van der Waals surface area contributed by atoms with Crippen molar-refractivity contribution in [3.05, 3.63) is 53.0 Å². The standard InChI is InChI=1S/C27H33F3N6O2/c1-16-20(8-7-9-22(16)27(28,29)30)17(2)32-24-21-14-19(15-31-23(21)33-18(3)34-24)35-10-12-36(13-11-35)25(37)38-26(4,5)6/h7-9,14-15,17H,10-13H2,1-6H3,(H,31,32,33,34)/t17-/m1/s1. The fourth-order valence-electron chi connectivity index (χ4n) is 4.58. The van der Waals surface area contributed by atoms with Crippen molar-refractivity contribution < 1.29 is 22.7 Å². The van der Waals surface area contributed by atoms with Crippen molar-refractivity contribution in [2.75, 3.05) is 36.4 Å². The predicted molar refractivity (Wildman–Crippen MR) is 140 cm³/mol. The van der Waals surface area contributed by atoms with Gasteiger partial charge in [0.1, 0.15) is 17.2 Å². The molecule has 1 saturated heterocycles. The van der Waals surface area contributed by atoms with Crippen molar-refractivity contribution in [3.8, 4) is 0 Å². The molecule has 1 N–H and O–H groups in total. The summed E-state index contributed by atoms with van der Waals surface area (Å²) >= 11 is 0. The molecular formula is C27H33F3N6O2. The van der Waals surface area contributed by atoms with E-state index in [9.17, 15) is 18.0 Å². The first-order valence-corrected chi connectivity index (χ1v) is 12.5. The number of alkyl halides is 3. The summed E-state index contributed by atoms with van der Waals surface area (Å²) in [5, 5.41) is 3.95. The second-order valence-corrected chi connectivity index (χ2v) is 10.5. The van der Waals surface area contributed by atoms with Gasteiger partial charge in [-0.3, -0.25) is 0 Å². The number of ether oxygens (including phenoxy) is 1. The third-order valence-electron chi connectivity index (χ3n) is 6.45. The van der Waals surface area contributed by atoms with Crippen LogP contribution >= 0.6 is 0 Å². The van der Waals surface area contributed by atoms with Crippen LogP contribution in [0, 0.1) is 13.8 Å². The molecular weight excluding hydrogens is 497 g/mol. The Balaban J connectivity index is 1.57. The van der Waals surface area contributed by atoms with Crippen LogP contribution in [0.1, 0.15) is 56.3 Å². The van der Waals surface area contributed by atoms with Gasteiger partial charge in [0.25, 0.3) is 0 Å². The smallest absolute Gasteiger partial charge is 0.416 e. The molecule has 3 aromatic rings. The third kappa shape index (κ3) is 6.08. The number of piperazine rings is 1. The van der Waals surface area contributed by atoms with Gasteiger partial charge in [-0.05, 0) is 64.8 Å². The lowest BCUT2D eigenvalue weighted by Gasteiger charge is -2.36. The lowest BCUT2D eigenvalue weighted by molar-refractivity contribution is -0.138. The fourth-order valence-corrected chi connectivity index (χ4v) is 4.58. The van der Waals surface area contributed by atoms with E-state index in [2.05, 4.69) is 25.2 Å². The maximum Gasteiger partial charge on any atom is 0.416 e. The summed E-state index contributed by atoms with van der Waals surface area (Å²) in [5.74, 6) is 0.998. The molecule has 1 aromatic carbocycles. The second kappa shape index (κ2) is 10.3. The Bertz CT molecular complexity index is 1330. The van der Waals surface area contributed by atoms with Crippen molar-refractivity contribution in [2.24, 2.45) is 0 Å². The number of hydrogen-bond donors (Lipinski definition) is 1. The largest absolute Gasteiger partial charge is 0.444 e. The van der Waals surface area contributed by atoms with E-state index >= 15 is 0 Å². The van der Waals surface area contributed by atoms with Crippen LogP contribution in [0.4, 0.5) is 29.5 Å². The monoisotopic (exact) mass is 530 g/mol. The van der Waals surface area contributed by atoms with Gasteiger partial charge in [-0.1, -0.05) is 12.1 Å². The summed E-state index contributed by atoms with van der Waals surface area (Å²) in [5.41, 5.74) is 0.843. The zero-order valence-corrected chi connectivity index (χ0v) is 22.5. The molecule has 2 aromatic heterocycles. The highest BCUT2D eigenvalue weighted by Gasteiger charge is 2.33. The van der Waals surface area contributed by atoms with Crippen molar-refractivity contribution in [2.45, 2.75) is 59.4 Å². The average Bonchev–Trinajstić information content (AvgIpc) is 2.82. The lowest BCUT2D eigenvalue weighted by atomic mass is 9.97. The highest BCUT2D eigenvalue weighted by molar-refractivity contribution is 5.89. The van der Waals surface area contributed by atoms with Gasteiger partial charge in [0, 0.05) is 26.2 Å². The summed E-state index contributed by atoms with van der Waals surface area (Å²) < 4.78 is 45.9. The molecule has 38 heavy (non-hydrogen) atoms. The fraction of sp³-hybridized carbons (Fsp3) is 0.481. The highest BCUT2D eigenvalue weighted by Crippen LogP contribution is 2.35. The number of rotatable bonds is 4. The van der Waals surface area contributed by atoms with Crippen LogP contribution in [0.15, 0.2) is 30.5 Å². The molecule has 1 amide bonds. The molecule has 1 atom stereocenters. The number of halogens is 3. The van der Waals surface area contributed by atoms with Gasteiger partial charge < -0.3 is 19.9 Å². The molecule has 0 saturated carbocycles. The van der Waals surface area contributed by atoms with Gasteiger partial charge >= 0.3 is 12.3 Å². The van der Waals surface area contributed by atoms with Crippen LogP contribution in [0.25, 0.3) is 11.0 Å². The number of hydrogen-bond acceptors (Lipinski definition) is 7. The molecule has 8 nitrogen and oxygen atoms in total. The number of nitrogens with zero attached hydrogens (tertiary/aromatic N) is 5. The van der Waals surface area contributed by atoms with Crippen molar-refractivity contribution in [1.82, 2.24) is 19.9 Å².